The summed E-state index contributed by atoms with van der Waals surface area (Å²) in [5, 5.41) is 2.88. The van der Waals surface area contributed by atoms with E-state index in [9.17, 15) is 4.79 Å². The number of aryl methyl sites for hydroxylation is 2. The molecule has 3 heterocycles. The van der Waals surface area contributed by atoms with Crippen molar-refractivity contribution in [2.45, 2.75) is 13.8 Å². The topological polar surface area (TPSA) is 93.1 Å². The minimum absolute atomic E-state index is 0.254. The number of benzene rings is 1. The summed E-state index contributed by atoms with van der Waals surface area (Å²) >= 11 is 0. The van der Waals surface area contributed by atoms with E-state index < -0.39 is 0 Å². The maximum atomic E-state index is 12.7. The van der Waals surface area contributed by atoms with Gasteiger partial charge in [0.05, 0.1) is 47.5 Å². The molecular formula is C19H20N6O2. The average Bonchev–Trinajstić information content (AvgIpc) is 2.70. The largest absolute Gasteiger partial charge is 0.378 e. The molecular weight excluding hydrogens is 344 g/mol. The predicted molar refractivity (Wildman–Crippen MR) is 102 cm³/mol. The van der Waals surface area contributed by atoms with Crippen LogP contribution in [0.2, 0.25) is 0 Å². The number of para-hydroxylation sites is 2. The molecule has 0 radical (unpaired) electrons. The molecule has 27 heavy (non-hydrogen) atoms. The third-order valence-electron chi connectivity index (χ3n) is 4.47. The van der Waals surface area contributed by atoms with Gasteiger partial charge < -0.3 is 15.0 Å². The van der Waals surface area contributed by atoms with Gasteiger partial charge in [-0.1, -0.05) is 12.1 Å². The first kappa shape index (κ1) is 17.3. The number of nitrogens with one attached hydrogen (secondary N) is 1. The minimum Gasteiger partial charge on any atom is -0.378 e. The number of aromatic nitrogens is 4. The van der Waals surface area contributed by atoms with Gasteiger partial charge in [-0.3, -0.25) is 9.78 Å². The van der Waals surface area contributed by atoms with Crippen LogP contribution in [0.25, 0.3) is 11.0 Å². The van der Waals surface area contributed by atoms with Gasteiger partial charge in [0.15, 0.2) is 0 Å². The molecule has 0 aliphatic carbocycles. The van der Waals surface area contributed by atoms with Gasteiger partial charge in [-0.05, 0) is 26.0 Å². The number of nitrogens with zero attached hydrogens (tertiary/aromatic N) is 5. The van der Waals surface area contributed by atoms with Gasteiger partial charge in [-0.2, -0.15) is 0 Å². The summed E-state index contributed by atoms with van der Waals surface area (Å²) in [4.78, 5) is 32.5. The number of morpholine rings is 1. The second-order valence-electron chi connectivity index (χ2n) is 6.37. The molecule has 0 unspecified atom stereocenters. The molecule has 1 aliphatic rings. The van der Waals surface area contributed by atoms with E-state index in [2.05, 4.69) is 30.2 Å². The number of anilines is 2. The zero-order chi connectivity index (χ0) is 18.8. The fraction of sp³-hybridized carbons (Fsp3) is 0.316. The lowest BCUT2D eigenvalue weighted by Crippen LogP contribution is -2.37. The van der Waals surface area contributed by atoms with Crippen LogP contribution >= 0.6 is 0 Å². The average molecular weight is 364 g/mol. The number of carbonyl (C=O) groups excluding carboxylic acids is 1. The molecule has 0 spiro atoms. The van der Waals surface area contributed by atoms with Crippen molar-refractivity contribution in [2.75, 3.05) is 36.5 Å². The maximum absolute atomic E-state index is 12.7. The molecule has 0 saturated carbocycles. The van der Waals surface area contributed by atoms with Crippen molar-refractivity contribution in [2.24, 2.45) is 0 Å². The van der Waals surface area contributed by atoms with E-state index in [1.54, 1.807) is 0 Å². The van der Waals surface area contributed by atoms with Crippen LogP contribution in [0.5, 0.6) is 0 Å². The van der Waals surface area contributed by atoms with E-state index in [-0.39, 0.29) is 11.6 Å². The smallest absolute Gasteiger partial charge is 0.275 e. The van der Waals surface area contributed by atoms with Crippen LogP contribution in [0.15, 0.2) is 30.5 Å². The summed E-state index contributed by atoms with van der Waals surface area (Å²) in [6, 6.07) is 7.44. The molecule has 8 heteroatoms. The Morgan fingerprint density at radius 3 is 2.41 bits per heavy atom. The lowest BCUT2D eigenvalue weighted by atomic mass is 10.2. The highest BCUT2D eigenvalue weighted by atomic mass is 16.5. The predicted octanol–water partition coefficient (Wildman–Crippen LogP) is 2.13. The quantitative estimate of drug-likeness (QED) is 0.761. The van der Waals surface area contributed by atoms with Crippen molar-refractivity contribution < 1.29 is 9.53 Å². The first-order valence-corrected chi connectivity index (χ1v) is 8.83. The van der Waals surface area contributed by atoms with Crippen molar-refractivity contribution in [3.8, 4) is 0 Å². The second kappa shape index (κ2) is 7.24. The van der Waals surface area contributed by atoms with Crippen LogP contribution in [0.3, 0.4) is 0 Å². The van der Waals surface area contributed by atoms with Crippen LogP contribution < -0.4 is 10.2 Å². The van der Waals surface area contributed by atoms with Crippen molar-refractivity contribution in [1.29, 1.82) is 0 Å². The van der Waals surface area contributed by atoms with Gasteiger partial charge in [0.25, 0.3) is 5.91 Å². The second-order valence-corrected chi connectivity index (χ2v) is 6.37. The molecule has 0 bridgehead atoms. The lowest BCUT2D eigenvalue weighted by Gasteiger charge is -2.27. The number of amides is 1. The fourth-order valence-corrected chi connectivity index (χ4v) is 3.03. The first-order chi connectivity index (χ1) is 13.1. The summed E-state index contributed by atoms with van der Waals surface area (Å²) in [7, 11) is 0. The first-order valence-electron chi connectivity index (χ1n) is 8.83. The number of fused-ring (bicyclic) bond motifs is 1. The molecule has 1 saturated heterocycles. The van der Waals surface area contributed by atoms with Crippen LogP contribution in [0.1, 0.15) is 21.9 Å². The number of hydrogen-bond donors (Lipinski definition) is 1. The van der Waals surface area contributed by atoms with Crippen LogP contribution in [0, 0.1) is 13.8 Å². The molecule has 4 rings (SSSR count). The molecule has 3 aromatic rings. The standard InChI is InChI=1S/C19H20N6O2/c1-12-17(13(2)22-19(21-12)25-7-9-27-10-8-25)24-18(26)16-11-20-14-5-3-4-6-15(14)23-16/h3-6,11H,7-10H2,1-2H3,(H,24,26). The van der Waals surface area contributed by atoms with E-state index in [0.29, 0.717) is 41.8 Å². The van der Waals surface area contributed by atoms with Gasteiger partial charge in [0.2, 0.25) is 5.95 Å². The third kappa shape index (κ3) is 3.56. The number of hydrogen-bond acceptors (Lipinski definition) is 7. The summed E-state index contributed by atoms with van der Waals surface area (Å²) in [5.41, 5.74) is 3.71. The van der Waals surface area contributed by atoms with Crippen molar-refractivity contribution in [3.05, 3.63) is 47.5 Å². The molecule has 8 nitrogen and oxygen atoms in total. The molecule has 1 N–H and O–H groups in total. The highest BCUT2D eigenvalue weighted by molar-refractivity contribution is 6.04. The molecule has 1 aromatic carbocycles. The van der Waals surface area contributed by atoms with E-state index in [1.807, 2.05) is 38.1 Å². The number of carbonyl (C=O) groups is 1. The Hall–Kier alpha value is -3.13. The summed E-state index contributed by atoms with van der Waals surface area (Å²) in [5.74, 6) is 0.332. The van der Waals surface area contributed by atoms with E-state index >= 15 is 0 Å². The number of rotatable bonds is 3. The summed E-state index contributed by atoms with van der Waals surface area (Å²) < 4.78 is 5.37. The Balaban J connectivity index is 1.58. The third-order valence-corrected chi connectivity index (χ3v) is 4.47. The van der Waals surface area contributed by atoms with Gasteiger partial charge in [-0.25, -0.2) is 15.0 Å². The molecule has 1 fully saturated rings. The summed E-state index contributed by atoms with van der Waals surface area (Å²) in [6.07, 6.45) is 1.48. The molecule has 2 aromatic heterocycles. The Morgan fingerprint density at radius 2 is 1.70 bits per heavy atom. The van der Waals surface area contributed by atoms with Crippen LogP contribution in [-0.2, 0) is 4.74 Å². The van der Waals surface area contributed by atoms with Gasteiger partial charge >= 0.3 is 0 Å². The Labute approximate surface area is 156 Å². The van der Waals surface area contributed by atoms with E-state index in [4.69, 9.17) is 4.74 Å². The highest BCUT2D eigenvalue weighted by Gasteiger charge is 2.19. The molecule has 0 atom stereocenters. The SMILES string of the molecule is Cc1nc(N2CCOCC2)nc(C)c1NC(=O)c1cnc2ccccc2n1. The Bertz CT molecular complexity index is 977. The summed E-state index contributed by atoms with van der Waals surface area (Å²) in [6.45, 7) is 6.58. The zero-order valence-electron chi connectivity index (χ0n) is 15.3. The van der Waals surface area contributed by atoms with Gasteiger partial charge in [-0.15, -0.1) is 0 Å². The normalized spacial score (nSPS) is 14.4. The fourth-order valence-electron chi connectivity index (χ4n) is 3.03. The Morgan fingerprint density at radius 1 is 1.04 bits per heavy atom. The van der Waals surface area contributed by atoms with Gasteiger partial charge in [0, 0.05) is 13.1 Å². The van der Waals surface area contributed by atoms with Crippen LogP contribution in [-0.4, -0.2) is 52.1 Å². The van der Waals surface area contributed by atoms with E-state index in [0.717, 1.165) is 18.6 Å². The molecule has 138 valence electrons. The van der Waals surface area contributed by atoms with E-state index in [1.165, 1.54) is 6.20 Å². The highest BCUT2D eigenvalue weighted by Crippen LogP contribution is 2.22. The van der Waals surface area contributed by atoms with Gasteiger partial charge in [0.1, 0.15) is 5.69 Å². The molecule has 1 aliphatic heterocycles. The minimum atomic E-state index is -0.331. The van der Waals surface area contributed by atoms with Crippen molar-refractivity contribution in [3.63, 3.8) is 0 Å². The maximum Gasteiger partial charge on any atom is 0.275 e. The van der Waals surface area contributed by atoms with Crippen molar-refractivity contribution in [1.82, 2.24) is 19.9 Å². The zero-order valence-corrected chi connectivity index (χ0v) is 15.3. The number of ether oxygens (including phenoxy) is 1. The van der Waals surface area contributed by atoms with Crippen LogP contribution in [0.4, 0.5) is 11.6 Å². The lowest BCUT2D eigenvalue weighted by molar-refractivity contribution is 0.102. The van der Waals surface area contributed by atoms with Crippen molar-refractivity contribution >= 4 is 28.6 Å². The Kier molecular flexibility index (Phi) is 4.64. The molecule has 1 amide bonds. The monoisotopic (exact) mass is 364 g/mol.